The van der Waals surface area contributed by atoms with E-state index in [1.165, 1.54) is 22.2 Å². The molecule has 0 saturated heterocycles. The summed E-state index contributed by atoms with van der Waals surface area (Å²) < 4.78 is 43.6. The van der Waals surface area contributed by atoms with Gasteiger partial charge >= 0.3 is 5.69 Å². The molecular formula is C18H19F3N6O2. The van der Waals surface area contributed by atoms with Gasteiger partial charge in [0.05, 0.1) is 19.3 Å². The van der Waals surface area contributed by atoms with E-state index in [9.17, 15) is 23.1 Å². The smallest absolute Gasteiger partial charge is 0.346 e. The zero-order chi connectivity index (χ0) is 21.0. The van der Waals surface area contributed by atoms with Crippen molar-refractivity contribution < 1.29 is 18.3 Å². The largest absolute Gasteiger partial charge is 0.381 e. The first-order valence-electron chi connectivity index (χ1n) is 8.82. The lowest BCUT2D eigenvalue weighted by molar-refractivity contribution is 0.0183. The van der Waals surface area contributed by atoms with Crippen LogP contribution in [0.5, 0.6) is 0 Å². The van der Waals surface area contributed by atoms with Gasteiger partial charge in [-0.3, -0.25) is 4.98 Å². The number of nitrogens with zero attached hydrogens (tertiary/aromatic N) is 5. The average molecular weight is 408 g/mol. The molecule has 29 heavy (non-hydrogen) atoms. The summed E-state index contributed by atoms with van der Waals surface area (Å²) in [5, 5.41) is 15.3. The summed E-state index contributed by atoms with van der Waals surface area (Å²) in [5.74, 6) is -2.76. The number of halogens is 3. The van der Waals surface area contributed by atoms with Gasteiger partial charge in [0.2, 0.25) is 0 Å². The van der Waals surface area contributed by atoms with Gasteiger partial charge in [-0.15, -0.1) is 0 Å². The number of anilines is 1. The van der Waals surface area contributed by atoms with E-state index in [4.69, 9.17) is 0 Å². The number of H-pyrrole nitrogens is 1. The molecule has 1 atom stereocenters. The summed E-state index contributed by atoms with van der Waals surface area (Å²) in [6, 6.07) is 2.79. The van der Waals surface area contributed by atoms with Gasteiger partial charge in [0.1, 0.15) is 35.7 Å². The molecule has 3 aromatic rings. The highest BCUT2D eigenvalue weighted by Gasteiger charge is 2.36. The normalized spacial score (nSPS) is 13.3. The van der Waals surface area contributed by atoms with Crippen LogP contribution in [0.1, 0.15) is 18.9 Å². The molecule has 0 aliphatic heterocycles. The predicted octanol–water partition coefficient (Wildman–Crippen LogP) is 1.58. The van der Waals surface area contributed by atoms with Gasteiger partial charge in [0.15, 0.2) is 5.82 Å². The lowest BCUT2D eigenvalue weighted by atomic mass is 9.92. The summed E-state index contributed by atoms with van der Waals surface area (Å²) in [4.78, 5) is 22.4. The Balaban J connectivity index is 2.06. The van der Waals surface area contributed by atoms with Crippen LogP contribution in [0.4, 0.5) is 19.0 Å². The molecule has 154 valence electrons. The van der Waals surface area contributed by atoms with Crippen LogP contribution in [0.15, 0.2) is 41.8 Å². The van der Waals surface area contributed by atoms with Crippen molar-refractivity contribution in [3.05, 3.63) is 70.5 Å². The Kier molecular flexibility index (Phi) is 5.97. The zero-order valence-electron chi connectivity index (χ0n) is 15.5. The Labute approximate surface area is 163 Å². The number of aromatic nitrogens is 5. The lowest BCUT2D eigenvalue weighted by Gasteiger charge is -2.35. The third kappa shape index (κ3) is 4.62. The van der Waals surface area contributed by atoms with E-state index in [0.29, 0.717) is 12.5 Å². The molecule has 11 heteroatoms. The minimum absolute atomic E-state index is 0.189. The lowest BCUT2D eigenvalue weighted by Crippen LogP contribution is -2.46. The van der Waals surface area contributed by atoms with E-state index in [1.54, 1.807) is 0 Å². The molecule has 0 spiro atoms. The van der Waals surface area contributed by atoms with Crippen LogP contribution in [-0.2, 0) is 12.1 Å². The highest BCUT2D eigenvalue weighted by atomic mass is 19.1. The van der Waals surface area contributed by atoms with Crippen molar-refractivity contribution in [1.82, 2.24) is 24.7 Å². The SMILES string of the molecule is CCCN(CC(O)(Cn1cncn1)c1ccc(F)cc1F)c1[nH]c(=O)ncc1F. The van der Waals surface area contributed by atoms with E-state index in [2.05, 4.69) is 20.1 Å². The second kappa shape index (κ2) is 8.43. The molecule has 0 amide bonds. The first-order chi connectivity index (χ1) is 13.8. The van der Waals surface area contributed by atoms with Gasteiger partial charge in [0.25, 0.3) is 0 Å². The average Bonchev–Trinajstić information content (AvgIpc) is 3.16. The highest BCUT2D eigenvalue weighted by Crippen LogP contribution is 2.29. The van der Waals surface area contributed by atoms with Crippen molar-refractivity contribution in [3.8, 4) is 0 Å². The standard InChI is InChI=1S/C18H19F3N6O2/c1-2-5-26(16-15(21)7-23-17(28)25-16)8-18(29,9-27-11-22-10-24-27)13-4-3-12(19)6-14(13)20/h3-4,6-7,10-11,29H,2,5,8-9H2,1H3,(H,23,25,28). The van der Waals surface area contributed by atoms with Crippen molar-refractivity contribution in [3.63, 3.8) is 0 Å². The van der Waals surface area contributed by atoms with Gasteiger partial charge in [0, 0.05) is 18.2 Å². The number of aromatic amines is 1. The van der Waals surface area contributed by atoms with Crippen LogP contribution in [-0.4, -0.2) is 42.9 Å². The Morgan fingerprint density at radius 3 is 2.72 bits per heavy atom. The number of benzene rings is 1. The van der Waals surface area contributed by atoms with Crippen molar-refractivity contribution in [2.45, 2.75) is 25.5 Å². The summed E-state index contributed by atoms with van der Waals surface area (Å²) in [6.07, 6.45) is 3.87. The number of rotatable bonds is 8. The van der Waals surface area contributed by atoms with E-state index < -0.39 is 28.7 Å². The minimum atomic E-state index is -1.95. The Morgan fingerprint density at radius 1 is 1.28 bits per heavy atom. The Morgan fingerprint density at radius 2 is 2.07 bits per heavy atom. The second-order valence-electron chi connectivity index (χ2n) is 6.56. The molecular weight excluding hydrogens is 389 g/mol. The molecule has 2 heterocycles. The fourth-order valence-corrected chi connectivity index (χ4v) is 3.12. The maximum atomic E-state index is 14.6. The highest BCUT2D eigenvalue weighted by molar-refractivity contribution is 5.40. The van der Waals surface area contributed by atoms with Crippen LogP contribution >= 0.6 is 0 Å². The molecule has 0 radical (unpaired) electrons. The van der Waals surface area contributed by atoms with Crippen LogP contribution in [0, 0.1) is 17.5 Å². The van der Waals surface area contributed by atoms with Gasteiger partial charge in [-0.2, -0.15) is 10.1 Å². The van der Waals surface area contributed by atoms with Crippen molar-refractivity contribution >= 4 is 5.82 Å². The van der Waals surface area contributed by atoms with Gasteiger partial charge in [-0.1, -0.05) is 13.0 Å². The number of aliphatic hydroxyl groups is 1. The summed E-state index contributed by atoms with van der Waals surface area (Å²) in [5.41, 5.74) is -2.92. The third-order valence-electron chi connectivity index (χ3n) is 4.33. The predicted molar refractivity (Wildman–Crippen MR) is 97.6 cm³/mol. The minimum Gasteiger partial charge on any atom is -0.381 e. The molecule has 8 nitrogen and oxygen atoms in total. The summed E-state index contributed by atoms with van der Waals surface area (Å²) in [6.45, 7) is 1.49. The number of hydrogen-bond acceptors (Lipinski definition) is 6. The fraction of sp³-hybridized carbons (Fsp3) is 0.333. The molecule has 0 aliphatic carbocycles. The molecule has 1 aromatic carbocycles. The van der Waals surface area contributed by atoms with E-state index in [1.807, 2.05) is 6.92 Å². The maximum Gasteiger partial charge on any atom is 0.346 e. The van der Waals surface area contributed by atoms with E-state index in [0.717, 1.165) is 18.3 Å². The topological polar surface area (TPSA) is 99.9 Å². The molecule has 0 saturated carbocycles. The first-order valence-corrected chi connectivity index (χ1v) is 8.82. The molecule has 0 fully saturated rings. The monoisotopic (exact) mass is 408 g/mol. The second-order valence-corrected chi connectivity index (χ2v) is 6.56. The molecule has 0 aliphatic rings. The zero-order valence-corrected chi connectivity index (χ0v) is 15.5. The van der Waals surface area contributed by atoms with E-state index in [-0.39, 0.29) is 31.0 Å². The molecule has 2 N–H and O–H groups in total. The van der Waals surface area contributed by atoms with Gasteiger partial charge in [-0.05, 0) is 12.5 Å². The van der Waals surface area contributed by atoms with Gasteiger partial charge in [-0.25, -0.2) is 27.6 Å². The van der Waals surface area contributed by atoms with Crippen LogP contribution in [0.3, 0.4) is 0 Å². The molecule has 3 rings (SSSR count). The summed E-state index contributed by atoms with van der Waals surface area (Å²) >= 11 is 0. The van der Waals surface area contributed by atoms with Crippen molar-refractivity contribution in [2.24, 2.45) is 0 Å². The van der Waals surface area contributed by atoms with Crippen molar-refractivity contribution in [1.29, 1.82) is 0 Å². The van der Waals surface area contributed by atoms with Gasteiger partial charge < -0.3 is 10.0 Å². The maximum absolute atomic E-state index is 14.6. The Bertz CT molecular complexity index is 1030. The molecule has 2 aromatic heterocycles. The van der Waals surface area contributed by atoms with Crippen LogP contribution < -0.4 is 10.6 Å². The van der Waals surface area contributed by atoms with Crippen LogP contribution in [0.25, 0.3) is 0 Å². The van der Waals surface area contributed by atoms with Crippen LogP contribution in [0.2, 0.25) is 0 Å². The first kappa shape index (κ1) is 20.5. The molecule has 1 unspecified atom stereocenters. The van der Waals surface area contributed by atoms with E-state index >= 15 is 0 Å². The Hall–Kier alpha value is -3.21. The quantitative estimate of drug-likeness (QED) is 0.587. The number of hydrogen-bond donors (Lipinski definition) is 2. The molecule has 0 bridgehead atoms. The fourth-order valence-electron chi connectivity index (χ4n) is 3.12. The number of nitrogens with one attached hydrogen (secondary N) is 1. The third-order valence-corrected chi connectivity index (χ3v) is 4.33. The summed E-state index contributed by atoms with van der Waals surface area (Å²) in [7, 11) is 0. The van der Waals surface area contributed by atoms with Crippen molar-refractivity contribution in [2.75, 3.05) is 18.0 Å².